The highest BCUT2D eigenvalue weighted by atomic mass is 35.5. The molecular weight excluding hydrogens is 248 g/mol. The van der Waals surface area contributed by atoms with Crippen LogP contribution in [0.5, 0.6) is 0 Å². The fourth-order valence-corrected chi connectivity index (χ4v) is 0.950. The predicted molar refractivity (Wildman–Crippen MR) is 66.0 cm³/mol. The molecule has 0 aromatic carbocycles. The fourth-order valence-electron chi connectivity index (χ4n) is 0.950. The molecule has 0 bridgehead atoms. The Morgan fingerprint density at radius 2 is 1.88 bits per heavy atom. The zero-order chi connectivity index (χ0) is 12.8. The molecule has 1 amide bonds. The van der Waals surface area contributed by atoms with Gasteiger partial charge in [-0.2, -0.15) is 0 Å². The van der Waals surface area contributed by atoms with Crippen LogP contribution in [0.3, 0.4) is 0 Å². The van der Waals surface area contributed by atoms with Crippen LogP contribution in [0.1, 0.15) is 20.8 Å². The number of nitrogens with two attached hydrogens (primary N) is 1. The summed E-state index contributed by atoms with van der Waals surface area (Å²) >= 11 is 0. The third-order valence-electron chi connectivity index (χ3n) is 1.71. The zero-order valence-electron chi connectivity index (χ0n) is 10.6. The minimum Gasteiger partial charge on any atom is -0.469 e. The Morgan fingerprint density at radius 3 is 2.24 bits per heavy atom. The third kappa shape index (κ3) is 8.76. The number of amides is 1. The van der Waals surface area contributed by atoms with Crippen LogP contribution in [-0.2, 0) is 14.3 Å². The predicted octanol–water partition coefficient (Wildman–Crippen LogP) is 0.681. The van der Waals surface area contributed by atoms with Gasteiger partial charge in [0.15, 0.2) is 0 Å². The Hall–Kier alpha value is -1.01. The van der Waals surface area contributed by atoms with Crippen LogP contribution in [0, 0.1) is 5.92 Å². The van der Waals surface area contributed by atoms with Crippen LogP contribution in [-0.4, -0.2) is 37.9 Å². The summed E-state index contributed by atoms with van der Waals surface area (Å²) in [6.45, 7) is 5.49. The summed E-state index contributed by atoms with van der Waals surface area (Å²) in [5.74, 6) is -0.990. The molecule has 0 aromatic rings. The van der Waals surface area contributed by atoms with Gasteiger partial charge in [-0.25, -0.2) is 4.79 Å². The minimum atomic E-state index is -0.574. The second-order valence-electron chi connectivity index (χ2n) is 4.34. The molecule has 0 rings (SSSR count). The molecule has 0 saturated carbocycles. The van der Waals surface area contributed by atoms with Crippen LogP contribution in [0.25, 0.3) is 0 Å². The molecule has 0 aliphatic carbocycles. The summed E-state index contributed by atoms with van der Waals surface area (Å²) < 4.78 is 9.53. The third-order valence-corrected chi connectivity index (χ3v) is 1.71. The van der Waals surface area contributed by atoms with E-state index in [2.05, 4.69) is 10.1 Å². The molecule has 0 fully saturated rings. The van der Waals surface area contributed by atoms with E-state index in [9.17, 15) is 9.59 Å². The van der Waals surface area contributed by atoms with E-state index < -0.39 is 23.6 Å². The van der Waals surface area contributed by atoms with Crippen LogP contribution in [0.15, 0.2) is 0 Å². The number of hydrogen-bond donors (Lipinski definition) is 2. The maximum Gasteiger partial charge on any atom is 0.407 e. The molecule has 6 nitrogen and oxygen atoms in total. The first-order valence-corrected chi connectivity index (χ1v) is 5.05. The van der Waals surface area contributed by atoms with Crippen LogP contribution in [0.4, 0.5) is 4.79 Å². The molecule has 0 spiro atoms. The average molecular weight is 269 g/mol. The summed E-state index contributed by atoms with van der Waals surface area (Å²) in [4.78, 5) is 22.4. The highest BCUT2D eigenvalue weighted by molar-refractivity contribution is 5.85. The van der Waals surface area contributed by atoms with E-state index >= 15 is 0 Å². The van der Waals surface area contributed by atoms with E-state index in [1.165, 1.54) is 7.11 Å². The molecule has 1 atom stereocenters. The molecule has 0 aliphatic rings. The molecule has 3 N–H and O–H groups in total. The van der Waals surface area contributed by atoms with Gasteiger partial charge in [0.05, 0.1) is 13.0 Å². The van der Waals surface area contributed by atoms with Crippen molar-refractivity contribution >= 4 is 24.5 Å². The van der Waals surface area contributed by atoms with Crippen LogP contribution < -0.4 is 11.1 Å². The molecule has 0 radical (unpaired) electrons. The van der Waals surface area contributed by atoms with Crippen molar-refractivity contribution in [3.05, 3.63) is 0 Å². The molecule has 102 valence electrons. The Kier molecular flexibility index (Phi) is 8.79. The van der Waals surface area contributed by atoms with Gasteiger partial charge in [-0.1, -0.05) is 0 Å². The lowest BCUT2D eigenvalue weighted by Gasteiger charge is -2.20. The van der Waals surface area contributed by atoms with E-state index in [0.29, 0.717) is 0 Å². The summed E-state index contributed by atoms with van der Waals surface area (Å²) in [6.07, 6.45) is -0.574. The number of methoxy groups -OCH3 is 1. The van der Waals surface area contributed by atoms with Gasteiger partial charge in [-0.15, -0.1) is 12.4 Å². The second-order valence-corrected chi connectivity index (χ2v) is 4.34. The van der Waals surface area contributed by atoms with E-state index in [0.717, 1.165) is 0 Å². The van der Waals surface area contributed by atoms with Gasteiger partial charge in [0.2, 0.25) is 0 Å². The monoisotopic (exact) mass is 268 g/mol. The lowest BCUT2D eigenvalue weighted by Crippen LogP contribution is -2.40. The summed E-state index contributed by atoms with van der Waals surface area (Å²) in [6, 6.07) is 0. The van der Waals surface area contributed by atoms with Gasteiger partial charge in [-0.3, -0.25) is 4.79 Å². The van der Waals surface area contributed by atoms with Crippen molar-refractivity contribution < 1.29 is 19.1 Å². The Bertz CT molecular complexity index is 253. The number of ether oxygens (including phenoxy) is 2. The quantitative estimate of drug-likeness (QED) is 0.732. The Morgan fingerprint density at radius 1 is 1.35 bits per heavy atom. The van der Waals surface area contributed by atoms with Crippen molar-refractivity contribution in [1.82, 2.24) is 5.32 Å². The zero-order valence-corrected chi connectivity index (χ0v) is 11.4. The van der Waals surface area contributed by atoms with Crippen LogP contribution >= 0.6 is 12.4 Å². The number of hydrogen-bond acceptors (Lipinski definition) is 5. The highest BCUT2D eigenvalue weighted by Gasteiger charge is 2.20. The summed E-state index contributed by atoms with van der Waals surface area (Å²) in [5.41, 5.74) is 4.81. The van der Waals surface area contributed by atoms with E-state index in [1.807, 2.05) is 0 Å². The maximum absolute atomic E-state index is 11.3. The van der Waals surface area contributed by atoms with Crippen molar-refractivity contribution in [3.8, 4) is 0 Å². The van der Waals surface area contributed by atoms with Crippen molar-refractivity contribution in [2.45, 2.75) is 26.4 Å². The lowest BCUT2D eigenvalue weighted by atomic mass is 10.1. The largest absolute Gasteiger partial charge is 0.469 e. The number of halogens is 1. The average Bonchev–Trinajstić information content (AvgIpc) is 2.15. The number of esters is 1. The van der Waals surface area contributed by atoms with E-state index in [1.54, 1.807) is 20.8 Å². The molecule has 0 heterocycles. The fraction of sp³-hybridized carbons (Fsp3) is 0.800. The first-order valence-electron chi connectivity index (χ1n) is 5.05. The minimum absolute atomic E-state index is 0. The van der Waals surface area contributed by atoms with Gasteiger partial charge in [0.25, 0.3) is 0 Å². The van der Waals surface area contributed by atoms with Gasteiger partial charge in [0, 0.05) is 13.1 Å². The number of carbonyl (C=O) groups excluding carboxylic acids is 2. The normalized spacial score (nSPS) is 12.1. The summed E-state index contributed by atoms with van der Waals surface area (Å²) in [7, 11) is 1.28. The molecule has 1 unspecified atom stereocenters. The number of alkyl carbamates (subject to hydrolysis) is 1. The standard InChI is InChI=1S/C10H20N2O4.ClH/c1-10(2,3)16-9(14)12-6-7(5-11)8(13)15-4;/h7H,5-6,11H2,1-4H3,(H,12,14);1H. The number of rotatable bonds is 4. The lowest BCUT2D eigenvalue weighted by molar-refractivity contribution is -0.144. The molecule has 0 aromatic heterocycles. The van der Waals surface area contributed by atoms with E-state index in [4.69, 9.17) is 10.5 Å². The van der Waals surface area contributed by atoms with E-state index in [-0.39, 0.29) is 25.5 Å². The Balaban J connectivity index is 0. The maximum atomic E-state index is 11.3. The molecule has 0 aliphatic heterocycles. The molecular formula is C10H21ClN2O4. The smallest absolute Gasteiger partial charge is 0.407 e. The first-order chi connectivity index (χ1) is 7.30. The number of carbonyl (C=O) groups is 2. The topological polar surface area (TPSA) is 90.6 Å². The van der Waals surface area contributed by atoms with Gasteiger partial charge < -0.3 is 20.5 Å². The van der Waals surface area contributed by atoms with Gasteiger partial charge >= 0.3 is 12.1 Å². The van der Waals surface area contributed by atoms with Crippen molar-refractivity contribution in [1.29, 1.82) is 0 Å². The van der Waals surface area contributed by atoms with Crippen molar-refractivity contribution in [2.75, 3.05) is 20.2 Å². The highest BCUT2D eigenvalue weighted by Crippen LogP contribution is 2.06. The van der Waals surface area contributed by atoms with Crippen LogP contribution in [0.2, 0.25) is 0 Å². The molecule has 0 saturated heterocycles. The summed E-state index contributed by atoms with van der Waals surface area (Å²) in [5, 5.41) is 2.46. The van der Waals surface area contributed by atoms with Crippen molar-refractivity contribution in [3.63, 3.8) is 0 Å². The second kappa shape index (κ2) is 8.14. The SMILES string of the molecule is COC(=O)C(CN)CNC(=O)OC(C)(C)C.Cl. The van der Waals surface area contributed by atoms with Gasteiger partial charge in [0.1, 0.15) is 5.60 Å². The molecule has 17 heavy (non-hydrogen) atoms. The number of nitrogens with one attached hydrogen (secondary N) is 1. The molecule has 7 heteroatoms. The Labute approximate surface area is 108 Å². The first kappa shape index (κ1) is 18.4. The van der Waals surface area contributed by atoms with Crippen molar-refractivity contribution in [2.24, 2.45) is 11.7 Å². The van der Waals surface area contributed by atoms with Gasteiger partial charge in [-0.05, 0) is 20.8 Å².